The molecule has 1 aromatic rings. The molecule has 1 aromatic carbocycles. The minimum Gasteiger partial charge on any atom is -0.342 e. The average molecular weight is 277 g/mol. The van der Waals surface area contributed by atoms with Gasteiger partial charge in [-0.2, -0.15) is 0 Å². The molecule has 20 heavy (non-hydrogen) atoms. The Morgan fingerprint density at radius 1 is 1.25 bits per heavy atom. The third-order valence-corrected chi connectivity index (χ3v) is 2.95. The monoisotopic (exact) mass is 277 g/mol. The van der Waals surface area contributed by atoms with Crippen LogP contribution in [0.5, 0.6) is 0 Å². The molecule has 1 rings (SSSR count). The lowest BCUT2D eigenvalue weighted by Gasteiger charge is -2.18. The normalized spacial score (nSPS) is 10.2. The molecule has 0 aliphatic heterocycles. The largest absolute Gasteiger partial charge is 0.342 e. The van der Waals surface area contributed by atoms with Crippen LogP contribution in [0.1, 0.15) is 25.8 Å². The Morgan fingerprint density at radius 3 is 2.60 bits per heavy atom. The molecule has 5 heteroatoms. The number of para-hydroxylation sites is 1. The van der Waals surface area contributed by atoms with Crippen LogP contribution in [0, 0.1) is 0 Å². The number of hydrogen-bond acceptors (Lipinski definition) is 3. The van der Waals surface area contributed by atoms with Crippen LogP contribution >= 0.6 is 0 Å². The van der Waals surface area contributed by atoms with Crippen molar-refractivity contribution in [1.29, 1.82) is 0 Å². The first-order valence-electron chi connectivity index (χ1n) is 6.84. The molecule has 0 aromatic heterocycles. The van der Waals surface area contributed by atoms with Crippen LogP contribution in [0.4, 0.5) is 5.69 Å². The summed E-state index contributed by atoms with van der Waals surface area (Å²) in [4.78, 5) is 24.7. The molecule has 0 atom stereocenters. The molecule has 5 nitrogen and oxygen atoms in total. The number of nitrogens with zero attached hydrogens (tertiary/aromatic N) is 1. The number of nitrogens with one attached hydrogen (secondary N) is 2. The van der Waals surface area contributed by atoms with Crippen LogP contribution in [-0.2, 0) is 16.1 Å². The van der Waals surface area contributed by atoms with E-state index in [1.165, 1.54) is 6.92 Å². The third kappa shape index (κ3) is 5.40. The number of rotatable bonds is 7. The van der Waals surface area contributed by atoms with Crippen LogP contribution in [-0.4, -0.2) is 36.9 Å². The second-order valence-electron chi connectivity index (χ2n) is 4.76. The first kappa shape index (κ1) is 16.2. The second kappa shape index (κ2) is 8.32. The zero-order chi connectivity index (χ0) is 15.0. The van der Waals surface area contributed by atoms with Crippen molar-refractivity contribution in [3.8, 4) is 0 Å². The molecule has 0 fully saturated rings. The van der Waals surface area contributed by atoms with Gasteiger partial charge in [0.05, 0.1) is 6.54 Å². The number of anilines is 1. The van der Waals surface area contributed by atoms with Crippen molar-refractivity contribution in [1.82, 2.24) is 10.2 Å². The fraction of sp³-hybridized carbons (Fsp3) is 0.467. The summed E-state index contributed by atoms with van der Waals surface area (Å²) in [5, 5.41) is 5.93. The molecule has 2 amide bonds. The molecule has 0 heterocycles. The van der Waals surface area contributed by atoms with Gasteiger partial charge in [-0.25, -0.2) is 0 Å². The second-order valence-corrected chi connectivity index (χ2v) is 4.76. The van der Waals surface area contributed by atoms with Gasteiger partial charge in [-0.3, -0.25) is 9.59 Å². The van der Waals surface area contributed by atoms with E-state index in [0.29, 0.717) is 13.1 Å². The lowest BCUT2D eigenvalue weighted by molar-refractivity contribution is -0.128. The van der Waals surface area contributed by atoms with Crippen molar-refractivity contribution >= 4 is 17.5 Å². The summed E-state index contributed by atoms with van der Waals surface area (Å²) >= 11 is 0. The zero-order valence-electron chi connectivity index (χ0n) is 12.4. The van der Waals surface area contributed by atoms with Gasteiger partial charge in [-0.05, 0) is 24.6 Å². The van der Waals surface area contributed by atoms with Gasteiger partial charge in [-0.15, -0.1) is 0 Å². The number of amides is 2. The maximum absolute atomic E-state index is 11.8. The lowest BCUT2D eigenvalue weighted by Crippen LogP contribution is -2.29. The molecule has 0 aliphatic carbocycles. The Kier molecular flexibility index (Phi) is 6.73. The van der Waals surface area contributed by atoms with Gasteiger partial charge < -0.3 is 15.5 Å². The molecule has 110 valence electrons. The van der Waals surface area contributed by atoms with Crippen LogP contribution in [0.2, 0.25) is 0 Å². The average Bonchev–Trinajstić information content (AvgIpc) is 2.41. The number of hydrogen-bond donors (Lipinski definition) is 2. The zero-order valence-corrected chi connectivity index (χ0v) is 12.4. The molecule has 0 unspecified atom stereocenters. The summed E-state index contributed by atoms with van der Waals surface area (Å²) in [7, 11) is 1.74. The van der Waals surface area contributed by atoms with Crippen LogP contribution < -0.4 is 10.6 Å². The molecule has 2 N–H and O–H groups in total. The highest BCUT2D eigenvalue weighted by atomic mass is 16.2. The maximum atomic E-state index is 11.8. The van der Waals surface area contributed by atoms with Gasteiger partial charge in [0, 0.05) is 26.2 Å². The fourth-order valence-electron chi connectivity index (χ4n) is 1.72. The first-order valence-corrected chi connectivity index (χ1v) is 6.84. The Morgan fingerprint density at radius 2 is 1.95 bits per heavy atom. The van der Waals surface area contributed by atoms with E-state index in [9.17, 15) is 9.59 Å². The summed E-state index contributed by atoms with van der Waals surface area (Å²) in [6, 6.07) is 7.52. The molecule has 0 bridgehead atoms. The smallest absolute Gasteiger partial charge is 0.238 e. The van der Waals surface area contributed by atoms with E-state index >= 15 is 0 Å². The van der Waals surface area contributed by atoms with Gasteiger partial charge in [0.1, 0.15) is 0 Å². The van der Waals surface area contributed by atoms with Crippen molar-refractivity contribution in [2.45, 2.75) is 26.8 Å². The van der Waals surface area contributed by atoms with Gasteiger partial charge in [0.25, 0.3) is 0 Å². The Bertz CT molecular complexity index is 460. The highest BCUT2D eigenvalue weighted by molar-refractivity contribution is 5.93. The summed E-state index contributed by atoms with van der Waals surface area (Å²) in [5.74, 6) is -0.0767. The summed E-state index contributed by atoms with van der Waals surface area (Å²) in [6.45, 7) is 5.18. The quantitative estimate of drug-likeness (QED) is 0.744. The van der Waals surface area contributed by atoms with Gasteiger partial charge in [0.2, 0.25) is 11.8 Å². The van der Waals surface area contributed by atoms with Crippen LogP contribution in [0.3, 0.4) is 0 Å². The van der Waals surface area contributed by atoms with Crippen molar-refractivity contribution < 1.29 is 9.59 Å². The minimum atomic E-state index is -0.0728. The highest BCUT2D eigenvalue weighted by Gasteiger charge is 2.09. The number of benzene rings is 1. The van der Waals surface area contributed by atoms with E-state index in [2.05, 4.69) is 17.6 Å². The minimum absolute atomic E-state index is 0.00394. The topological polar surface area (TPSA) is 61.4 Å². The predicted octanol–water partition coefficient (Wildman–Crippen LogP) is 1.60. The van der Waals surface area contributed by atoms with E-state index in [1.54, 1.807) is 11.9 Å². The van der Waals surface area contributed by atoms with Crippen LogP contribution in [0.15, 0.2) is 24.3 Å². The summed E-state index contributed by atoms with van der Waals surface area (Å²) in [5.41, 5.74) is 1.68. The van der Waals surface area contributed by atoms with Gasteiger partial charge >= 0.3 is 0 Å². The molecular weight excluding hydrogens is 254 g/mol. The fourth-order valence-corrected chi connectivity index (χ4v) is 1.72. The molecule has 0 saturated heterocycles. The standard InChI is InChI=1S/C15H23N3O2/c1-4-9-16-10-15(20)17-14-8-6-5-7-13(14)11-18(3)12(2)19/h5-8,16H,4,9-11H2,1-3H3,(H,17,20). The van der Waals surface area contributed by atoms with Crippen molar-refractivity contribution in [2.24, 2.45) is 0 Å². The highest BCUT2D eigenvalue weighted by Crippen LogP contribution is 2.16. The Labute approximate surface area is 120 Å². The molecular formula is C15H23N3O2. The third-order valence-electron chi connectivity index (χ3n) is 2.95. The molecule has 0 saturated carbocycles. The Balaban J connectivity index is 2.65. The molecule has 0 radical (unpaired) electrons. The first-order chi connectivity index (χ1) is 9.54. The Hall–Kier alpha value is -1.88. The van der Waals surface area contributed by atoms with E-state index < -0.39 is 0 Å². The SMILES string of the molecule is CCCNCC(=O)Nc1ccccc1CN(C)C(C)=O. The van der Waals surface area contributed by atoms with E-state index in [1.807, 2.05) is 24.3 Å². The number of carbonyl (C=O) groups is 2. The van der Waals surface area contributed by atoms with Crippen molar-refractivity contribution in [2.75, 3.05) is 25.5 Å². The predicted molar refractivity (Wildman–Crippen MR) is 80.4 cm³/mol. The summed E-state index contributed by atoms with van der Waals surface area (Å²) in [6.07, 6.45) is 0.993. The van der Waals surface area contributed by atoms with Crippen LogP contribution in [0.25, 0.3) is 0 Å². The van der Waals surface area contributed by atoms with E-state index in [0.717, 1.165) is 24.2 Å². The molecule has 0 aliphatic rings. The van der Waals surface area contributed by atoms with E-state index in [4.69, 9.17) is 0 Å². The van der Waals surface area contributed by atoms with Crippen molar-refractivity contribution in [3.05, 3.63) is 29.8 Å². The van der Waals surface area contributed by atoms with Gasteiger partial charge in [-0.1, -0.05) is 25.1 Å². The van der Waals surface area contributed by atoms with Crippen molar-refractivity contribution in [3.63, 3.8) is 0 Å². The molecule has 0 spiro atoms. The summed E-state index contributed by atoms with van der Waals surface area (Å²) < 4.78 is 0. The van der Waals surface area contributed by atoms with E-state index in [-0.39, 0.29) is 11.8 Å². The maximum Gasteiger partial charge on any atom is 0.238 e. The number of carbonyl (C=O) groups excluding carboxylic acids is 2. The van der Waals surface area contributed by atoms with Gasteiger partial charge in [0.15, 0.2) is 0 Å². The lowest BCUT2D eigenvalue weighted by atomic mass is 10.1.